The number of carbonyl (C=O) groups is 3. The van der Waals surface area contributed by atoms with Gasteiger partial charge in [0, 0.05) is 25.6 Å². The highest BCUT2D eigenvalue weighted by Crippen LogP contribution is 2.26. The van der Waals surface area contributed by atoms with E-state index in [9.17, 15) is 22.8 Å². The first kappa shape index (κ1) is 23.6. The fraction of sp³-hybridized carbons (Fsp3) is 0.174. The van der Waals surface area contributed by atoms with Gasteiger partial charge in [0.1, 0.15) is 5.00 Å². The number of hydrazine groups is 1. The maximum absolute atomic E-state index is 13.1. The normalized spacial score (nSPS) is 13.6. The molecule has 0 aliphatic carbocycles. The van der Waals surface area contributed by atoms with E-state index in [0.717, 1.165) is 22.5 Å². The Morgan fingerprint density at radius 1 is 0.912 bits per heavy atom. The van der Waals surface area contributed by atoms with Gasteiger partial charge in [-0.15, -0.1) is 11.3 Å². The molecule has 0 unspecified atom stereocenters. The number of benzene rings is 2. The summed E-state index contributed by atoms with van der Waals surface area (Å²) in [6, 6.07) is 15.0. The highest BCUT2D eigenvalue weighted by atomic mass is 32.2. The molecule has 34 heavy (non-hydrogen) atoms. The number of hydrogen-bond acceptors (Lipinski definition) is 6. The lowest BCUT2D eigenvalue weighted by atomic mass is 10.0. The van der Waals surface area contributed by atoms with Gasteiger partial charge < -0.3 is 5.32 Å². The third kappa shape index (κ3) is 5.01. The predicted octanol–water partition coefficient (Wildman–Crippen LogP) is 2.53. The van der Waals surface area contributed by atoms with E-state index in [1.54, 1.807) is 5.38 Å². The summed E-state index contributed by atoms with van der Waals surface area (Å²) in [7, 11) is -3.71. The molecule has 2 heterocycles. The van der Waals surface area contributed by atoms with E-state index < -0.39 is 27.7 Å². The van der Waals surface area contributed by atoms with Crippen LogP contribution in [0.1, 0.15) is 38.8 Å². The Morgan fingerprint density at radius 3 is 2.32 bits per heavy atom. The van der Waals surface area contributed by atoms with E-state index in [1.165, 1.54) is 41.6 Å². The zero-order valence-corrected chi connectivity index (χ0v) is 19.8. The maximum Gasteiger partial charge on any atom is 0.272 e. The van der Waals surface area contributed by atoms with Crippen LogP contribution in [-0.4, -0.2) is 37.0 Å². The SMILES string of the molecule is CC(=O)NNC(=O)c1ccsc1NC(=O)c1ccc(S(=O)(=O)N2CCc3ccccc3C2)cc1. The molecule has 0 radical (unpaired) electrons. The second-order valence-corrected chi connectivity index (χ2v) is 10.5. The van der Waals surface area contributed by atoms with Gasteiger partial charge in [-0.3, -0.25) is 25.2 Å². The summed E-state index contributed by atoms with van der Waals surface area (Å²) in [5.41, 5.74) is 7.01. The molecule has 1 aliphatic heterocycles. The van der Waals surface area contributed by atoms with Crippen LogP contribution in [0.2, 0.25) is 0 Å². The molecule has 176 valence electrons. The summed E-state index contributed by atoms with van der Waals surface area (Å²) in [4.78, 5) is 36.0. The molecule has 3 N–H and O–H groups in total. The van der Waals surface area contributed by atoms with Crippen molar-refractivity contribution in [2.45, 2.75) is 24.8 Å². The van der Waals surface area contributed by atoms with Gasteiger partial charge in [0.2, 0.25) is 15.9 Å². The molecule has 1 aliphatic rings. The number of rotatable bonds is 5. The quantitative estimate of drug-likeness (QED) is 0.466. The molecule has 4 rings (SSSR count). The van der Waals surface area contributed by atoms with Crippen LogP contribution in [0.5, 0.6) is 0 Å². The number of amides is 3. The van der Waals surface area contributed by atoms with Crippen LogP contribution in [-0.2, 0) is 27.8 Å². The number of nitrogens with zero attached hydrogens (tertiary/aromatic N) is 1. The van der Waals surface area contributed by atoms with E-state index in [1.807, 2.05) is 24.3 Å². The van der Waals surface area contributed by atoms with Crippen LogP contribution in [0.15, 0.2) is 64.9 Å². The van der Waals surface area contributed by atoms with E-state index in [-0.39, 0.29) is 16.0 Å². The number of fused-ring (bicyclic) bond motifs is 1. The molecule has 9 nitrogen and oxygen atoms in total. The average molecular weight is 499 g/mol. The van der Waals surface area contributed by atoms with Crippen LogP contribution in [0.4, 0.5) is 5.00 Å². The molecule has 0 spiro atoms. The molecule has 2 aromatic carbocycles. The van der Waals surface area contributed by atoms with Crippen molar-refractivity contribution in [2.24, 2.45) is 0 Å². The Hall–Kier alpha value is -3.54. The van der Waals surface area contributed by atoms with E-state index in [2.05, 4.69) is 16.2 Å². The molecule has 3 aromatic rings. The van der Waals surface area contributed by atoms with Gasteiger partial charge >= 0.3 is 0 Å². The molecule has 11 heteroatoms. The summed E-state index contributed by atoms with van der Waals surface area (Å²) >= 11 is 1.15. The Bertz CT molecular complexity index is 1350. The summed E-state index contributed by atoms with van der Waals surface area (Å²) < 4.78 is 27.7. The first-order chi connectivity index (χ1) is 16.3. The van der Waals surface area contributed by atoms with E-state index >= 15 is 0 Å². The minimum atomic E-state index is -3.71. The van der Waals surface area contributed by atoms with E-state index in [0.29, 0.717) is 24.5 Å². The monoisotopic (exact) mass is 498 g/mol. The summed E-state index contributed by atoms with van der Waals surface area (Å²) in [5.74, 6) is -1.50. The van der Waals surface area contributed by atoms with Crippen molar-refractivity contribution in [2.75, 3.05) is 11.9 Å². The maximum atomic E-state index is 13.1. The minimum Gasteiger partial charge on any atom is -0.313 e. The molecule has 0 saturated heterocycles. The van der Waals surface area contributed by atoms with Gasteiger partial charge in [-0.05, 0) is 53.3 Å². The topological polar surface area (TPSA) is 125 Å². The first-order valence-electron chi connectivity index (χ1n) is 10.4. The van der Waals surface area contributed by atoms with Crippen molar-refractivity contribution in [1.29, 1.82) is 0 Å². The number of thiophene rings is 1. The highest BCUT2D eigenvalue weighted by molar-refractivity contribution is 7.89. The second kappa shape index (κ2) is 9.75. The lowest BCUT2D eigenvalue weighted by Crippen LogP contribution is -2.40. The second-order valence-electron chi connectivity index (χ2n) is 7.63. The fourth-order valence-electron chi connectivity index (χ4n) is 3.57. The zero-order chi connectivity index (χ0) is 24.3. The Kier molecular flexibility index (Phi) is 6.77. The largest absolute Gasteiger partial charge is 0.313 e. The third-order valence-corrected chi connectivity index (χ3v) is 8.03. The zero-order valence-electron chi connectivity index (χ0n) is 18.2. The predicted molar refractivity (Wildman–Crippen MR) is 128 cm³/mol. The van der Waals surface area contributed by atoms with Gasteiger partial charge in [-0.1, -0.05) is 24.3 Å². The number of carbonyl (C=O) groups excluding carboxylic acids is 3. The van der Waals surface area contributed by atoms with Crippen molar-refractivity contribution in [3.8, 4) is 0 Å². The molecule has 0 fully saturated rings. The third-order valence-electron chi connectivity index (χ3n) is 5.34. The molecule has 0 atom stereocenters. The van der Waals surface area contributed by atoms with Gasteiger partial charge in [0.15, 0.2) is 0 Å². The van der Waals surface area contributed by atoms with Gasteiger partial charge in [0.25, 0.3) is 11.8 Å². The molecule has 3 amide bonds. The molecule has 1 aromatic heterocycles. The van der Waals surface area contributed by atoms with Gasteiger partial charge in [-0.25, -0.2) is 8.42 Å². The molecular formula is C23H22N4O5S2. The summed E-state index contributed by atoms with van der Waals surface area (Å²) in [6.45, 7) is 1.95. The fourth-order valence-corrected chi connectivity index (χ4v) is 5.77. The van der Waals surface area contributed by atoms with Crippen molar-refractivity contribution in [3.05, 3.63) is 82.2 Å². The van der Waals surface area contributed by atoms with E-state index in [4.69, 9.17) is 0 Å². The van der Waals surface area contributed by atoms with Crippen LogP contribution < -0.4 is 16.2 Å². The van der Waals surface area contributed by atoms with Crippen molar-refractivity contribution < 1.29 is 22.8 Å². The Balaban J connectivity index is 1.45. The lowest BCUT2D eigenvalue weighted by molar-refractivity contribution is -0.119. The number of hydrogen-bond donors (Lipinski definition) is 3. The van der Waals surface area contributed by atoms with Crippen molar-refractivity contribution in [1.82, 2.24) is 15.2 Å². The minimum absolute atomic E-state index is 0.106. The smallest absolute Gasteiger partial charge is 0.272 e. The summed E-state index contributed by atoms with van der Waals surface area (Å²) in [5, 5.41) is 4.59. The standard InChI is InChI=1S/C23H22N4O5S2/c1-15(28)25-26-22(30)20-11-13-33-23(20)24-21(29)17-6-8-19(9-7-17)34(31,32)27-12-10-16-4-2-3-5-18(16)14-27/h2-9,11,13H,10,12,14H2,1H3,(H,24,29)(H,25,28)(H,26,30). The van der Waals surface area contributed by atoms with Crippen molar-refractivity contribution in [3.63, 3.8) is 0 Å². The van der Waals surface area contributed by atoms with Gasteiger partial charge in [0.05, 0.1) is 10.5 Å². The van der Waals surface area contributed by atoms with Crippen molar-refractivity contribution >= 4 is 44.1 Å². The number of anilines is 1. The number of sulfonamides is 1. The number of nitrogens with one attached hydrogen (secondary N) is 3. The van der Waals surface area contributed by atoms with Gasteiger partial charge in [-0.2, -0.15) is 4.31 Å². The average Bonchev–Trinajstić information content (AvgIpc) is 3.30. The molecular weight excluding hydrogens is 476 g/mol. The Morgan fingerprint density at radius 2 is 1.62 bits per heavy atom. The summed E-state index contributed by atoms with van der Waals surface area (Å²) in [6.07, 6.45) is 0.647. The lowest BCUT2D eigenvalue weighted by Gasteiger charge is -2.28. The van der Waals surface area contributed by atoms with Crippen LogP contribution in [0.25, 0.3) is 0 Å². The van der Waals surface area contributed by atoms with Crippen LogP contribution in [0.3, 0.4) is 0 Å². The molecule has 0 saturated carbocycles. The first-order valence-corrected chi connectivity index (χ1v) is 12.7. The Labute approximate surface area is 200 Å². The molecule has 0 bridgehead atoms. The van der Waals surface area contributed by atoms with Crippen LogP contribution in [0, 0.1) is 0 Å². The van der Waals surface area contributed by atoms with Crippen LogP contribution >= 0.6 is 11.3 Å². The highest BCUT2D eigenvalue weighted by Gasteiger charge is 2.28.